The Balaban J connectivity index is 1.24. The van der Waals surface area contributed by atoms with Gasteiger partial charge in [-0.1, -0.05) is 0 Å². The van der Waals surface area contributed by atoms with Crippen LogP contribution < -0.4 is 31.3 Å². The van der Waals surface area contributed by atoms with E-state index in [-0.39, 0.29) is 29.5 Å². The molecule has 220 valence electrons. The number of aromatic nitrogens is 3. The lowest BCUT2D eigenvalue weighted by molar-refractivity contribution is 0.0303. The van der Waals surface area contributed by atoms with Crippen molar-refractivity contribution >= 4 is 41.0 Å². The predicted octanol–water partition coefficient (Wildman–Crippen LogP) is 1.99. The number of amides is 4. The first-order valence-corrected chi connectivity index (χ1v) is 13.6. The average molecular weight is 576 g/mol. The zero-order valence-corrected chi connectivity index (χ0v) is 23.2. The molecule has 5 N–H and O–H groups in total. The maximum absolute atomic E-state index is 12.8. The quantitative estimate of drug-likeness (QED) is 0.311. The summed E-state index contributed by atoms with van der Waals surface area (Å²) >= 11 is 0. The SMILES string of the molecule is COc1ccc(NC(=O)NC2CCCN(c3nnc(C(N)=O)c(Nc4ccc(C(=O)N5CCOCC5)cc4)n3)C2)cc1. The van der Waals surface area contributed by atoms with E-state index in [9.17, 15) is 14.4 Å². The second kappa shape index (κ2) is 13.1. The maximum Gasteiger partial charge on any atom is 0.319 e. The van der Waals surface area contributed by atoms with Crippen LogP contribution in [0.2, 0.25) is 0 Å². The van der Waals surface area contributed by atoms with E-state index >= 15 is 0 Å². The number of morpholine rings is 1. The van der Waals surface area contributed by atoms with Gasteiger partial charge in [-0.3, -0.25) is 9.59 Å². The van der Waals surface area contributed by atoms with E-state index in [2.05, 4.69) is 31.1 Å². The van der Waals surface area contributed by atoms with E-state index in [0.717, 1.165) is 12.8 Å². The number of carbonyl (C=O) groups excluding carboxylic acids is 3. The monoisotopic (exact) mass is 575 g/mol. The third kappa shape index (κ3) is 7.01. The fourth-order valence-corrected chi connectivity index (χ4v) is 4.79. The summed E-state index contributed by atoms with van der Waals surface area (Å²) in [4.78, 5) is 45.6. The molecule has 0 spiro atoms. The van der Waals surface area contributed by atoms with Crippen molar-refractivity contribution < 1.29 is 23.9 Å². The molecule has 1 atom stereocenters. The summed E-state index contributed by atoms with van der Waals surface area (Å²) in [6, 6.07) is 13.4. The Bertz CT molecular complexity index is 1410. The molecule has 2 saturated heterocycles. The molecule has 2 aromatic carbocycles. The summed E-state index contributed by atoms with van der Waals surface area (Å²) in [5, 5.41) is 17.1. The molecule has 14 heteroatoms. The first-order valence-electron chi connectivity index (χ1n) is 13.6. The molecule has 3 aromatic rings. The molecule has 0 aliphatic carbocycles. The molecule has 2 fully saturated rings. The van der Waals surface area contributed by atoms with Crippen molar-refractivity contribution in [3.63, 3.8) is 0 Å². The van der Waals surface area contributed by atoms with Crippen LogP contribution in [0, 0.1) is 0 Å². The van der Waals surface area contributed by atoms with Crippen molar-refractivity contribution in [3.8, 4) is 5.75 Å². The minimum absolute atomic E-state index is 0.0698. The normalized spacial score (nSPS) is 16.8. The van der Waals surface area contributed by atoms with Gasteiger partial charge < -0.3 is 41.0 Å². The summed E-state index contributed by atoms with van der Waals surface area (Å²) in [6.45, 7) is 3.25. The van der Waals surface area contributed by atoms with Crippen LogP contribution in [-0.2, 0) is 4.74 Å². The highest BCUT2D eigenvalue weighted by Crippen LogP contribution is 2.23. The number of primary amides is 1. The number of benzene rings is 2. The molecule has 42 heavy (non-hydrogen) atoms. The number of carbonyl (C=O) groups is 3. The fraction of sp³-hybridized carbons (Fsp3) is 0.357. The first kappa shape index (κ1) is 28.5. The lowest BCUT2D eigenvalue weighted by Crippen LogP contribution is -2.49. The maximum atomic E-state index is 12.8. The van der Waals surface area contributed by atoms with Crippen molar-refractivity contribution in [1.29, 1.82) is 0 Å². The van der Waals surface area contributed by atoms with Crippen LogP contribution >= 0.6 is 0 Å². The lowest BCUT2D eigenvalue weighted by atomic mass is 10.1. The number of rotatable bonds is 8. The van der Waals surface area contributed by atoms with Gasteiger partial charge in [-0.05, 0) is 61.4 Å². The van der Waals surface area contributed by atoms with Crippen LogP contribution in [0.3, 0.4) is 0 Å². The van der Waals surface area contributed by atoms with Crippen molar-refractivity contribution in [2.45, 2.75) is 18.9 Å². The van der Waals surface area contributed by atoms with Crippen LogP contribution in [0.1, 0.15) is 33.7 Å². The number of hydrogen-bond acceptors (Lipinski definition) is 10. The molecule has 5 rings (SSSR count). The Labute approximate surface area is 242 Å². The molecule has 14 nitrogen and oxygen atoms in total. The zero-order valence-electron chi connectivity index (χ0n) is 23.2. The average Bonchev–Trinajstić information content (AvgIpc) is 3.02. The van der Waals surface area contributed by atoms with Gasteiger partial charge in [0.25, 0.3) is 11.8 Å². The summed E-state index contributed by atoms with van der Waals surface area (Å²) in [5.74, 6) is 0.288. The van der Waals surface area contributed by atoms with Crippen molar-refractivity contribution in [2.75, 3.05) is 62.0 Å². The second-order valence-corrected chi connectivity index (χ2v) is 9.89. The van der Waals surface area contributed by atoms with E-state index in [1.165, 1.54) is 0 Å². The van der Waals surface area contributed by atoms with Gasteiger partial charge in [0.1, 0.15) is 5.75 Å². The van der Waals surface area contributed by atoms with E-state index in [1.807, 2.05) is 4.90 Å². The highest BCUT2D eigenvalue weighted by molar-refractivity contribution is 5.97. The highest BCUT2D eigenvalue weighted by atomic mass is 16.5. The summed E-state index contributed by atoms with van der Waals surface area (Å²) in [7, 11) is 1.58. The number of nitrogens with zero attached hydrogens (tertiary/aromatic N) is 5. The van der Waals surface area contributed by atoms with Gasteiger partial charge >= 0.3 is 6.03 Å². The zero-order chi connectivity index (χ0) is 29.5. The van der Waals surface area contributed by atoms with E-state index < -0.39 is 5.91 Å². The van der Waals surface area contributed by atoms with Gasteiger partial charge in [0.2, 0.25) is 5.95 Å². The number of hydrogen-bond donors (Lipinski definition) is 4. The van der Waals surface area contributed by atoms with E-state index in [0.29, 0.717) is 68.0 Å². The molecule has 0 radical (unpaired) electrons. The van der Waals surface area contributed by atoms with Crippen LogP contribution in [0.5, 0.6) is 5.75 Å². The minimum Gasteiger partial charge on any atom is -0.497 e. The van der Waals surface area contributed by atoms with Crippen LogP contribution in [0.4, 0.5) is 27.9 Å². The van der Waals surface area contributed by atoms with Crippen LogP contribution in [0.15, 0.2) is 48.5 Å². The molecule has 1 aromatic heterocycles. The van der Waals surface area contributed by atoms with E-state index in [1.54, 1.807) is 60.5 Å². The Kier molecular flexibility index (Phi) is 8.92. The standard InChI is InChI=1S/C28H33N9O5/c1-41-22-10-8-20(9-11-22)31-28(40)32-21-3-2-12-37(17-21)27-33-25(23(24(29)38)34-35-27)30-19-6-4-18(5-7-19)26(39)36-13-15-42-16-14-36/h4-11,21H,2-3,12-17H2,1H3,(H2,29,38)(H,30,33,35)(H2,31,32,40). The molecule has 4 amide bonds. The fourth-order valence-electron chi connectivity index (χ4n) is 4.79. The topological polar surface area (TPSA) is 177 Å². The summed E-state index contributed by atoms with van der Waals surface area (Å²) < 4.78 is 10.5. The highest BCUT2D eigenvalue weighted by Gasteiger charge is 2.25. The number of methoxy groups -OCH3 is 1. The number of ether oxygens (including phenoxy) is 2. The minimum atomic E-state index is -0.781. The Hall–Kier alpha value is -4.98. The van der Waals surface area contributed by atoms with Gasteiger partial charge in [-0.2, -0.15) is 4.98 Å². The van der Waals surface area contributed by atoms with Crippen molar-refractivity contribution in [1.82, 2.24) is 25.4 Å². The first-order chi connectivity index (χ1) is 20.4. The summed E-state index contributed by atoms with van der Waals surface area (Å²) in [5.41, 5.74) is 7.21. The van der Waals surface area contributed by atoms with Gasteiger partial charge in [0.15, 0.2) is 11.5 Å². The number of anilines is 4. The van der Waals surface area contributed by atoms with E-state index in [4.69, 9.17) is 15.2 Å². The molecule has 0 saturated carbocycles. The summed E-state index contributed by atoms with van der Waals surface area (Å²) in [6.07, 6.45) is 1.57. The third-order valence-corrected chi connectivity index (χ3v) is 6.99. The van der Waals surface area contributed by atoms with Crippen LogP contribution in [-0.4, -0.2) is 90.5 Å². The number of nitrogens with two attached hydrogens (primary N) is 1. The van der Waals surface area contributed by atoms with Gasteiger partial charge in [0, 0.05) is 49.2 Å². The molecular formula is C28H33N9O5. The predicted molar refractivity (Wildman–Crippen MR) is 155 cm³/mol. The van der Waals surface area contributed by atoms with Gasteiger partial charge in [-0.25, -0.2) is 4.79 Å². The smallest absolute Gasteiger partial charge is 0.319 e. The Morgan fingerprint density at radius 3 is 2.38 bits per heavy atom. The van der Waals surface area contributed by atoms with Crippen molar-refractivity contribution in [2.24, 2.45) is 5.73 Å². The number of urea groups is 1. The number of nitrogens with one attached hydrogen (secondary N) is 3. The Morgan fingerprint density at radius 1 is 0.976 bits per heavy atom. The molecular weight excluding hydrogens is 542 g/mol. The second-order valence-electron chi connectivity index (χ2n) is 9.89. The number of piperidine rings is 1. The molecule has 2 aliphatic heterocycles. The Morgan fingerprint density at radius 2 is 1.69 bits per heavy atom. The van der Waals surface area contributed by atoms with Crippen LogP contribution in [0.25, 0.3) is 0 Å². The molecule has 1 unspecified atom stereocenters. The third-order valence-electron chi connectivity index (χ3n) is 6.99. The van der Waals surface area contributed by atoms with Gasteiger partial charge in [-0.15, -0.1) is 10.2 Å². The molecule has 2 aliphatic rings. The molecule has 3 heterocycles. The molecule has 0 bridgehead atoms. The van der Waals surface area contributed by atoms with Gasteiger partial charge in [0.05, 0.1) is 20.3 Å². The lowest BCUT2D eigenvalue weighted by Gasteiger charge is -2.33. The largest absolute Gasteiger partial charge is 0.497 e. The van der Waals surface area contributed by atoms with Crippen molar-refractivity contribution in [3.05, 3.63) is 59.8 Å².